The average Bonchev–Trinajstić information content (AvgIpc) is 2.43. The van der Waals surface area contributed by atoms with Crippen molar-refractivity contribution < 1.29 is 14.3 Å². The number of nitrogens with zero attached hydrogens (tertiary/aromatic N) is 1. The van der Waals surface area contributed by atoms with E-state index in [9.17, 15) is 9.59 Å². The van der Waals surface area contributed by atoms with Crippen LogP contribution in [0.15, 0.2) is 24.3 Å². The van der Waals surface area contributed by atoms with Crippen molar-refractivity contribution in [3.63, 3.8) is 0 Å². The van der Waals surface area contributed by atoms with Crippen molar-refractivity contribution in [2.45, 2.75) is 13.8 Å². The van der Waals surface area contributed by atoms with E-state index in [-0.39, 0.29) is 17.8 Å². The van der Waals surface area contributed by atoms with Gasteiger partial charge in [0, 0.05) is 23.7 Å². The quantitative estimate of drug-likeness (QED) is 0.781. The van der Waals surface area contributed by atoms with Gasteiger partial charge in [-0.3, -0.25) is 9.59 Å². The Labute approximate surface area is 118 Å². The van der Waals surface area contributed by atoms with Gasteiger partial charge in [0.1, 0.15) is 0 Å². The van der Waals surface area contributed by atoms with Crippen LogP contribution < -0.4 is 0 Å². The second-order valence-electron chi connectivity index (χ2n) is 4.27. The average molecular weight is 284 g/mol. The van der Waals surface area contributed by atoms with Crippen molar-refractivity contribution in [3.8, 4) is 0 Å². The van der Waals surface area contributed by atoms with E-state index in [1.165, 1.54) is 7.11 Å². The van der Waals surface area contributed by atoms with Gasteiger partial charge >= 0.3 is 5.97 Å². The van der Waals surface area contributed by atoms with E-state index in [0.29, 0.717) is 23.7 Å². The second kappa shape index (κ2) is 7.14. The van der Waals surface area contributed by atoms with Crippen LogP contribution in [0, 0.1) is 5.92 Å². The van der Waals surface area contributed by atoms with Crippen molar-refractivity contribution in [3.05, 3.63) is 34.9 Å². The molecule has 19 heavy (non-hydrogen) atoms. The minimum Gasteiger partial charge on any atom is -0.469 e. The number of benzene rings is 1. The Morgan fingerprint density at radius 3 is 2.37 bits per heavy atom. The van der Waals surface area contributed by atoms with Crippen LogP contribution in [-0.4, -0.2) is 37.0 Å². The number of hydrogen-bond acceptors (Lipinski definition) is 3. The smallest absolute Gasteiger partial charge is 0.310 e. The minimum absolute atomic E-state index is 0.116. The van der Waals surface area contributed by atoms with E-state index in [1.807, 2.05) is 6.92 Å². The van der Waals surface area contributed by atoms with Crippen molar-refractivity contribution in [2.24, 2.45) is 5.92 Å². The highest BCUT2D eigenvalue weighted by Crippen LogP contribution is 2.13. The molecule has 4 nitrogen and oxygen atoms in total. The fourth-order valence-corrected chi connectivity index (χ4v) is 1.86. The molecule has 1 rings (SSSR count). The number of hydrogen-bond donors (Lipinski definition) is 0. The van der Waals surface area contributed by atoms with Crippen molar-refractivity contribution in [1.29, 1.82) is 0 Å². The lowest BCUT2D eigenvalue weighted by molar-refractivity contribution is -0.145. The Bertz CT molecular complexity index is 445. The van der Waals surface area contributed by atoms with E-state index in [2.05, 4.69) is 4.74 Å². The van der Waals surface area contributed by atoms with Gasteiger partial charge in [0.2, 0.25) is 0 Å². The molecule has 0 N–H and O–H groups in total. The van der Waals surface area contributed by atoms with Crippen molar-refractivity contribution in [1.82, 2.24) is 4.90 Å². The van der Waals surface area contributed by atoms with Gasteiger partial charge in [0.25, 0.3) is 5.91 Å². The van der Waals surface area contributed by atoms with Crippen molar-refractivity contribution in [2.75, 3.05) is 20.2 Å². The van der Waals surface area contributed by atoms with E-state index in [1.54, 1.807) is 36.1 Å². The Morgan fingerprint density at radius 2 is 1.89 bits per heavy atom. The van der Waals surface area contributed by atoms with Crippen LogP contribution in [0.2, 0.25) is 5.02 Å². The molecule has 0 aliphatic heterocycles. The molecule has 0 radical (unpaired) electrons. The highest BCUT2D eigenvalue weighted by Gasteiger charge is 2.21. The molecule has 0 fully saturated rings. The molecule has 0 aliphatic carbocycles. The summed E-state index contributed by atoms with van der Waals surface area (Å²) in [7, 11) is 1.34. The number of esters is 1. The molecule has 0 bridgehead atoms. The maximum Gasteiger partial charge on any atom is 0.310 e. The van der Waals surface area contributed by atoms with E-state index in [4.69, 9.17) is 11.6 Å². The van der Waals surface area contributed by atoms with Gasteiger partial charge in [-0.05, 0) is 31.2 Å². The summed E-state index contributed by atoms with van der Waals surface area (Å²) >= 11 is 5.79. The van der Waals surface area contributed by atoms with E-state index >= 15 is 0 Å². The van der Waals surface area contributed by atoms with Crippen LogP contribution >= 0.6 is 11.6 Å². The predicted molar refractivity (Wildman–Crippen MR) is 74.2 cm³/mol. The first-order chi connectivity index (χ1) is 8.99. The topological polar surface area (TPSA) is 46.6 Å². The van der Waals surface area contributed by atoms with E-state index in [0.717, 1.165) is 0 Å². The molecule has 1 aromatic carbocycles. The Balaban J connectivity index is 2.77. The Hall–Kier alpha value is -1.55. The molecule has 0 aromatic heterocycles. The van der Waals surface area contributed by atoms with Crippen LogP contribution in [0.3, 0.4) is 0 Å². The maximum atomic E-state index is 12.3. The lowest BCUT2D eigenvalue weighted by Crippen LogP contribution is -2.37. The number of ether oxygens (including phenoxy) is 1. The molecule has 1 amide bonds. The summed E-state index contributed by atoms with van der Waals surface area (Å²) in [6.07, 6.45) is 0. The van der Waals surface area contributed by atoms with Crippen LogP contribution in [-0.2, 0) is 9.53 Å². The van der Waals surface area contributed by atoms with Crippen LogP contribution in [0.1, 0.15) is 24.2 Å². The lowest BCUT2D eigenvalue weighted by Gasteiger charge is -2.23. The first-order valence-corrected chi connectivity index (χ1v) is 6.50. The molecule has 1 aromatic rings. The summed E-state index contributed by atoms with van der Waals surface area (Å²) in [4.78, 5) is 25.3. The van der Waals surface area contributed by atoms with Gasteiger partial charge in [-0.2, -0.15) is 0 Å². The molecule has 1 atom stereocenters. The molecule has 0 saturated heterocycles. The van der Waals surface area contributed by atoms with Gasteiger partial charge in [0.05, 0.1) is 13.0 Å². The number of rotatable bonds is 5. The lowest BCUT2D eigenvalue weighted by atomic mass is 10.1. The first-order valence-electron chi connectivity index (χ1n) is 6.12. The van der Waals surface area contributed by atoms with Gasteiger partial charge in [-0.15, -0.1) is 0 Å². The first kappa shape index (κ1) is 15.5. The number of methoxy groups -OCH3 is 1. The second-order valence-corrected chi connectivity index (χ2v) is 4.71. The molecule has 104 valence electrons. The summed E-state index contributed by atoms with van der Waals surface area (Å²) in [5.74, 6) is -0.779. The fourth-order valence-electron chi connectivity index (χ4n) is 1.74. The SMILES string of the molecule is CCN(CC(C)C(=O)OC)C(=O)c1ccc(Cl)cc1. The summed E-state index contributed by atoms with van der Waals surface area (Å²) in [6.45, 7) is 4.48. The highest BCUT2D eigenvalue weighted by atomic mass is 35.5. The molecule has 0 spiro atoms. The monoisotopic (exact) mass is 283 g/mol. The third-order valence-corrected chi connectivity index (χ3v) is 3.11. The minimum atomic E-state index is -0.346. The van der Waals surface area contributed by atoms with Crippen LogP contribution in [0.4, 0.5) is 0 Å². The Kier molecular flexibility index (Phi) is 5.83. The van der Waals surface area contributed by atoms with Gasteiger partial charge in [-0.1, -0.05) is 18.5 Å². The summed E-state index contributed by atoms with van der Waals surface area (Å²) < 4.78 is 4.66. The van der Waals surface area contributed by atoms with Gasteiger partial charge < -0.3 is 9.64 Å². The largest absolute Gasteiger partial charge is 0.469 e. The molecule has 0 aliphatic rings. The number of carbonyl (C=O) groups excluding carboxylic acids is 2. The van der Waals surface area contributed by atoms with Gasteiger partial charge in [0.15, 0.2) is 0 Å². The third-order valence-electron chi connectivity index (χ3n) is 2.86. The molecule has 5 heteroatoms. The molecule has 0 saturated carbocycles. The maximum absolute atomic E-state index is 12.3. The van der Waals surface area contributed by atoms with Crippen molar-refractivity contribution >= 4 is 23.5 Å². The predicted octanol–water partition coefficient (Wildman–Crippen LogP) is 2.61. The summed E-state index contributed by atoms with van der Waals surface area (Å²) in [6, 6.07) is 6.70. The zero-order valence-electron chi connectivity index (χ0n) is 11.4. The summed E-state index contributed by atoms with van der Waals surface area (Å²) in [5, 5.41) is 0.586. The normalized spacial score (nSPS) is 11.8. The van der Waals surface area contributed by atoms with Crippen LogP contribution in [0.25, 0.3) is 0 Å². The van der Waals surface area contributed by atoms with E-state index < -0.39 is 0 Å². The standard InChI is InChI=1S/C14H18ClNO3/c1-4-16(9-10(2)14(18)19-3)13(17)11-5-7-12(15)8-6-11/h5-8,10H,4,9H2,1-3H3. The summed E-state index contributed by atoms with van der Waals surface area (Å²) in [5.41, 5.74) is 0.559. The van der Waals surface area contributed by atoms with Crippen LogP contribution in [0.5, 0.6) is 0 Å². The van der Waals surface area contributed by atoms with Gasteiger partial charge in [-0.25, -0.2) is 0 Å². The number of carbonyl (C=O) groups is 2. The molecular formula is C14H18ClNO3. The molecule has 1 unspecified atom stereocenters. The third kappa shape index (κ3) is 4.24. The number of amides is 1. The molecular weight excluding hydrogens is 266 g/mol. The Morgan fingerprint density at radius 1 is 1.32 bits per heavy atom. The molecule has 0 heterocycles. The zero-order chi connectivity index (χ0) is 14.4. The fraction of sp³-hybridized carbons (Fsp3) is 0.429. The number of halogens is 1. The zero-order valence-corrected chi connectivity index (χ0v) is 12.1. The highest BCUT2D eigenvalue weighted by molar-refractivity contribution is 6.30.